The van der Waals surface area contributed by atoms with E-state index < -0.39 is 17.1 Å². The van der Waals surface area contributed by atoms with Gasteiger partial charge < -0.3 is 30.2 Å². The predicted molar refractivity (Wildman–Crippen MR) is 202 cm³/mol. The van der Waals surface area contributed by atoms with E-state index in [4.69, 9.17) is 0 Å². The molecule has 3 aromatic carbocycles. The van der Waals surface area contributed by atoms with Crippen LogP contribution in [0.4, 0.5) is 16.2 Å². The number of anilines is 2. The molecule has 13 heteroatoms. The van der Waals surface area contributed by atoms with Gasteiger partial charge in [-0.2, -0.15) is 0 Å². The van der Waals surface area contributed by atoms with Crippen LogP contribution in [-0.2, 0) is 20.5 Å². The highest BCUT2D eigenvalue weighted by Gasteiger charge is 2.32. The zero-order valence-corrected chi connectivity index (χ0v) is 30.5. The molecule has 6 rings (SSSR count). The number of methoxy groups -OCH3 is 1. The molecule has 2 fully saturated rings. The van der Waals surface area contributed by atoms with Gasteiger partial charge in [-0.25, -0.2) is 18.3 Å². The van der Waals surface area contributed by atoms with Gasteiger partial charge in [-0.15, -0.1) is 0 Å². The Morgan fingerprint density at radius 3 is 2.10 bits per heavy atom. The highest BCUT2D eigenvalue weighted by molar-refractivity contribution is 7.81. The molecule has 3 heterocycles. The quantitative estimate of drug-likeness (QED) is 0.198. The molecule has 4 aromatic rings. The van der Waals surface area contributed by atoms with Crippen molar-refractivity contribution in [1.82, 2.24) is 24.5 Å². The first-order valence-electron chi connectivity index (χ1n) is 17.3. The smallest absolute Gasteiger partial charge is 0.407 e. The summed E-state index contributed by atoms with van der Waals surface area (Å²) in [6, 6.07) is 23.3. The number of carbonyl (C=O) groups is 3. The van der Waals surface area contributed by atoms with Crippen molar-refractivity contribution >= 4 is 40.3 Å². The minimum Gasteiger partial charge on any atom is -0.453 e. The molecule has 2 aliphatic heterocycles. The average molecular weight is 714 g/mol. The van der Waals surface area contributed by atoms with Crippen molar-refractivity contribution in [3.05, 3.63) is 90.4 Å². The number of nitrogens with one attached hydrogen (secondary N) is 3. The van der Waals surface area contributed by atoms with Crippen LogP contribution in [0.5, 0.6) is 0 Å². The van der Waals surface area contributed by atoms with Gasteiger partial charge in [0.05, 0.1) is 36.0 Å². The Morgan fingerprint density at radius 1 is 0.882 bits per heavy atom. The number of carbonyl (C=O) groups excluding carboxylic acids is 3. The van der Waals surface area contributed by atoms with Crippen LogP contribution in [0.2, 0.25) is 0 Å². The lowest BCUT2D eigenvalue weighted by molar-refractivity contribution is -0.131. The van der Waals surface area contributed by atoms with Crippen LogP contribution in [0.3, 0.4) is 0 Å². The first kappa shape index (κ1) is 37.3. The molecule has 2 unspecified atom stereocenters. The molecule has 0 aliphatic carbocycles. The summed E-state index contributed by atoms with van der Waals surface area (Å²) in [5.41, 5.74) is 6.21. The van der Waals surface area contributed by atoms with E-state index in [9.17, 15) is 18.6 Å². The second-order valence-corrected chi connectivity index (χ2v) is 13.8. The van der Waals surface area contributed by atoms with Gasteiger partial charge in [0.15, 0.2) is 0 Å². The van der Waals surface area contributed by atoms with Gasteiger partial charge in [-0.05, 0) is 65.9 Å². The molecule has 3 N–H and O–H groups in total. The van der Waals surface area contributed by atoms with Crippen LogP contribution >= 0.6 is 0 Å². The van der Waals surface area contributed by atoms with E-state index in [0.717, 1.165) is 72.9 Å². The number of benzene rings is 3. The van der Waals surface area contributed by atoms with Crippen molar-refractivity contribution in [1.29, 1.82) is 0 Å². The molecule has 270 valence electrons. The number of hydrogen-bond donors (Lipinski definition) is 3. The predicted octanol–water partition coefficient (Wildman–Crippen LogP) is 5.85. The number of alkyl carbamates (subject to hydrolysis) is 1. The van der Waals surface area contributed by atoms with Gasteiger partial charge in [0.1, 0.15) is 12.4 Å². The standard InChI is InChI=1S/C35H39N7O5S.C3H8/c1-47-35(45)37-23-32(43)42-17-3-4-31(42)33-36-22-30(39-33)26-7-5-24(6-8-26)25-9-13-28(14-10-25)38-34(44)27-11-15-29(16-12-27)40-18-20-41(21-19-40)48(2)46;1-3-2/h5-16,22,31H,3-4,17-21,23H2,1-2H3,(H,36,39)(H,37,45)(H,38,44);3H2,1-2H3. The van der Waals surface area contributed by atoms with Crippen LogP contribution in [0.25, 0.3) is 22.4 Å². The number of rotatable bonds is 9. The number of ether oxygens (including phenoxy) is 1. The minimum absolute atomic E-state index is 0.121. The third-order valence-electron chi connectivity index (χ3n) is 8.82. The Bertz CT molecular complexity index is 1790. The van der Waals surface area contributed by atoms with Crippen molar-refractivity contribution in [2.75, 3.05) is 62.9 Å². The second kappa shape index (κ2) is 17.8. The Hall–Kier alpha value is -5.01. The van der Waals surface area contributed by atoms with Gasteiger partial charge in [-0.3, -0.25) is 9.59 Å². The number of likely N-dealkylation sites (tertiary alicyclic amines) is 1. The third-order valence-corrected chi connectivity index (χ3v) is 9.91. The molecule has 2 aliphatic rings. The van der Waals surface area contributed by atoms with Crippen molar-refractivity contribution < 1.29 is 23.3 Å². The van der Waals surface area contributed by atoms with Crippen LogP contribution in [0.15, 0.2) is 79.0 Å². The summed E-state index contributed by atoms with van der Waals surface area (Å²) in [5.74, 6) is 0.368. The van der Waals surface area contributed by atoms with E-state index in [0.29, 0.717) is 17.8 Å². The van der Waals surface area contributed by atoms with Crippen molar-refractivity contribution in [2.45, 2.75) is 39.2 Å². The highest BCUT2D eigenvalue weighted by Crippen LogP contribution is 2.32. The molecule has 51 heavy (non-hydrogen) atoms. The number of aromatic nitrogens is 2. The molecule has 2 atom stereocenters. The van der Waals surface area contributed by atoms with Crippen LogP contribution in [0, 0.1) is 0 Å². The fourth-order valence-electron chi connectivity index (χ4n) is 6.14. The first-order valence-corrected chi connectivity index (χ1v) is 18.8. The molecule has 0 bridgehead atoms. The molecule has 12 nitrogen and oxygen atoms in total. The molecule has 1 aromatic heterocycles. The topological polar surface area (TPSA) is 140 Å². The van der Waals surface area contributed by atoms with E-state index in [-0.39, 0.29) is 24.4 Å². The lowest BCUT2D eigenvalue weighted by atomic mass is 10.0. The Balaban J connectivity index is 0.00000162. The summed E-state index contributed by atoms with van der Waals surface area (Å²) in [7, 11) is 0.316. The number of amides is 3. The number of aromatic amines is 1. The first-order chi connectivity index (χ1) is 24.7. The maximum absolute atomic E-state index is 12.9. The molecule has 0 saturated carbocycles. The van der Waals surface area contributed by atoms with E-state index in [1.54, 1.807) is 17.4 Å². The maximum atomic E-state index is 12.9. The number of nitrogens with zero attached hydrogens (tertiary/aromatic N) is 4. The van der Waals surface area contributed by atoms with Gasteiger partial charge in [0.25, 0.3) is 5.91 Å². The maximum Gasteiger partial charge on any atom is 0.407 e. The molecule has 0 spiro atoms. The summed E-state index contributed by atoms with van der Waals surface area (Å²) in [6.07, 6.45) is 5.75. The monoisotopic (exact) mass is 713 g/mol. The fourth-order valence-corrected chi connectivity index (χ4v) is 6.82. The number of hydrogen-bond acceptors (Lipinski definition) is 7. The van der Waals surface area contributed by atoms with E-state index in [1.807, 2.05) is 77.1 Å². The van der Waals surface area contributed by atoms with Crippen molar-refractivity contribution in [3.63, 3.8) is 0 Å². The molecular weight excluding hydrogens is 667 g/mol. The van der Waals surface area contributed by atoms with E-state index in [1.165, 1.54) is 13.5 Å². The third kappa shape index (κ3) is 9.62. The lowest BCUT2D eigenvalue weighted by Crippen LogP contribution is -2.46. The average Bonchev–Trinajstić information content (AvgIpc) is 3.85. The molecule has 2 saturated heterocycles. The van der Waals surface area contributed by atoms with Gasteiger partial charge in [0, 0.05) is 55.9 Å². The largest absolute Gasteiger partial charge is 0.453 e. The summed E-state index contributed by atoms with van der Waals surface area (Å²) in [6.45, 7) is 7.83. The normalized spacial score (nSPS) is 16.5. The number of piperazine rings is 1. The van der Waals surface area contributed by atoms with Crippen molar-refractivity contribution in [2.24, 2.45) is 0 Å². The summed E-state index contributed by atoms with van der Waals surface area (Å²) >= 11 is 0. The van der Waals surface area contributed by atoms with Gasteiger partial charge in [0.2, 0.25) is 5.91 Å². The van der Waals surface area contributed by atoms with E-state index >= 15 is 0 Å². The van der Waals surface area contributed by atoms with Crippen LogP contribution in [0.1, 0.15) is 55.3 Å². The molecular formula is C38H47N7O5S. The Labute approximate surface area is 302 Å². The van der Waals surface area contributed by atoms with Gasteiger partial charge >= 0.3 is 6.09 Å². The molecule has 3 amide bonds. The highest BCUT2D eigenvalue weighted by atomic mass is 32.2. The zero-order valence-electron chi connectivity index (χ0n) is 29.7. The Morgan fingerprint density at radius 2 is 1.49 bits per heavy atom. The van der Waals surface area contributed by atoms with Gasteiger partial charge in [-0.1, -0.05) is 56.7 Å². The summed E-state index contributed by atoms with van der Waals surface area (Å²) < 4.78 is 18.2. The fraction of sp³-hybridized carbons (Fsp3) is 0.368. The SMILES string of the molecule is CCC.COC(=O)NCC(=O)N1CCCC1c1ncc(-c2ccc(-c3ccc(NC(=O)c4ccc(N5CCN(S(C)=O)CC5)cc4)cc3)cc2)[nH]1. The Kier molecular flexibility index (Phi) is 13.0. The van der Waals surface area contributed by atoms with E-state index in [2.05, 4.69) is 44.1 Å². The number of H-pyrrole nitrogens is 1. The molecule has 0 radical (unpaired) electrons. The summed E-state index contributed by atoms with van der Waals surface area (Å²) in [5, 5.41) is 5.44. The lowest BCUT2D eigenvalue weighted by Gasteiger charge is -2.34. The number of imidazole rings is 1. The van der Waals surface area contributed by atoms with Crippen LogP contribution < -0.4 is 15.5 Å². The second-order valence-electron chi connectivity index (χ2n) is 12.5. The minimum atomic E-state index is -0.946. The van der Waals surface area contributed by atoms with Crippen molar-refractivity contribution in [3.8, 4) is 22.4 Å². The zero-order chi connectivity index (χ0) is 36.3. The van der Waals surface area contributed by atoms with Crippen LogP contribution in [-0.4, -0.2) is 93.9 Å². The summed E-state index contributed by atoms with van der Waals surface area (Å²) in [4.78, 5) is 49.0.